The summed E-state index contributed by atoms with van der Waals surface area (Å²) in [5.41, 5.74) is 2.55. The van der Waals surface area contributed by atoms with Crippen molar-refractivity contribution in [3.05, 3.63) is 59.8 Å². The van der Waals surface area contributed by atoms with E-state index in [0.29, 0.717) is 17.0 Å². The number of unbranched alkanes of at least 4 members (excludes halogenated alkanes) is 2. The van der Waals surface area contributed by atoms with E-state index < -0.39 is 15.1 Å². The van der Waals surface area contributed by atoms with E-state index in [2.05, 4.69) is 17.1 Å². The van der Waals surface area contributed by atoms with Crippen molar-refractivity contribution in [2.24, 2.45) is 0 Å². The third-order valence-corrected chi connectivity index (χ3v) is 6.76. The molecule has 1 N–H and O–H groups in total. The van der Waals surface area contributed by atoms with Crippen LogP contribution in [0.5, 0.6) is 0 Å². The van der Waals surface area contributed by atoms with Crippen molar-refractivity contribution in [3.8, 4) is 0 Å². The van der Waals surface area contributed by atoms with Crippen molar-refractivity contribution < 1.29 is 8.42 Å². The zero-order valence-electron chi connectivity index (χ0n) is 14.7. The second-order valence-electron chi connectivity index (χ2n) is 6.50. The van der Waals surface area contributed by atoms with Crippen LogP contribution < -0.4 is 0 Å². The van der Waals surface area contributed by atoms with E-state index in [4.69, 9.17) is 0 Å². The minimum absolute atomic E-state index is 0.373. The molecule has 132 valence electrons. The fourth-order valence-corrected chi connectivity index (χ4v) is 4.96. The topological polar surface area (TPSA) is 62.8 Å². The van der Waals surface area contributed by atoms with Crippen molar-refractivity contribution >= 4 is 20.7 Å². The van der Waals surface area contributed by atoms with Gasteiger partial charge >= 0.3 is 0 Å². The van der Waals surface area contributed by atoms with Crippen LogP contribution in [0.2, 0.25) is 0 Å². The summed E-state index contributed by atoms with van der Waals surface area (Å²) in [5, 5.41) is 7.58. The van der Waals surface area contributed by atoms with Gasteiger partial charge in [0.15, 0.2) is 9.84 Å². The third-order valence-electron chi connectivity index (χ3n) is 4.61. The molecule has 3 rings (SSSR count). The van der Waals surface area contributed by atoms with E-state index in [1.54, 1.807) is 12.1 Å². The largest absolute Gasteiger partial charge is 0.280 e. The van der Waals surface area contributed by atoms with Gasteiger partial charge in [0.05, 0.1) is 16.1 Å². The molecule has 1 heterocycles. The molecule has 5 heteroatoms. The van der Waals surface area contributed by atoms with Gasteiger partial charge in [0.1, 0.15) is 5.25 Å². The van der Waals surface area contributed by atoms with Crippen LogP contribution in [0.15, 0.2) is 53.4 Å². The fraction of sp³-hybridized carbons (Fsp3) is 0.350. The van der Waals surface area contributed by atoms with Crippen molar-refractivity contribution in [2.75, 3.05) is 0 Å². The monoisotopic (exact) mass is 356 g/mol. The van der Waals surface area contributed by atoms with Crippen molar-refractivity contribution in [1.29, 1.82) is 0 Å². The van der Waals surface area contributed by atoms with Gasteiger partial charge in [-0.1, -0.05) is 62.1 Å². The van der Waals surface area contributed by atoms with E-state index in [9.17, 15) is 8.42 Å². The number of aryl methyl sites for hydroxylation is 1. The van der Waals surface area contributed by atoms with Crippen LogP contribution in [-0.2, 0) is 9.84 Å². The summed E-state index contributed by atoms with van der Waals surface area (Å²) >= 11 is 0. The molecule has 1 unspecified atom stereocenters. The summed E-state index contributed by atoms with van der Waals surface area (Å²) in [6, 6.07) is 14.8. The number of hydrogen-bond acceptors (Lipinski definition) is 3. The number of benzene rings is 2. The predicted octanol–water partition coefficient (Wildman–Crippen LogP) is 4.97. The van der Waals surface area contributed by atoms with Crippen LogP contribution in [0.1, 0.15) is 49.1 Å². The number of rotatable bonds is 7. The normalized spacial score (nSPS) is 13.2. The fourth-order valence-electron chi connectivity index (χ4n) is 3.15. The molecule has 4 nitrogen and oxygen atoms in total. The molecule has 3 aromatic rings. The molecular formula is C20H24N2O2S. The molecule has 0 amide bonds. The highest BCUT2D eigenvalue weighted by molar-refractivity contribution is 7.91. The second kappa shape index (κ2) is 7.40. The molecule has 0 fully saturated rings. The molecule has 25 heavy (non-hydrogen) atoms. The zero-order valence-corrected chi connectivity index (χ0v) is 15.5. The van der Waals surface area contributed by atoms with Gasteiger partial charge in [-0.05, 0) is 31.5 Å². The minimum atomic E-state index is -3.48. The first-order valence-corrected chi connectivity index (χ1v) is 10.3. The average Bonchev–Trinajstić information content (AvgIpc) is 3.03. The molecule has 0 aliphatic carbocycles. The second-order valence-corrected chi connectivity index (χ2v) is 8.63. The maximum atomic E-state index is 13.3. The van der Waals surface area contributed by atoms with Crippen LogP contribution in [0.3, 0.4) is 0 Å². The number of H-pyrrole nitrogens is 1. The van der Waals surface area contributed by atoms with Gasteiger partial charge < -0.3 is 0 Å². The Morgan fingerprint density at radius 2 is 1.76 bits per heavy atom. The number of aromatic amines is 1. The molecule has 0 saturated carbocycles. The lowest BCUT2D eigenvalue weighted by Crippen LogP contribution is -2.15. The first kappa shape index (κ1) is 17.7. The zero-order chi connectivity index (χ0) is 17.9. The maximum absolute atomic E-state index is 13.3. The van der Waals surface area contributed by atoms with Gasteiger partial charge in [-0.25, -0.2) is 8.42 Å². The average molecular weight is 356 g/mol. The Morgan fingerprint density at radius 3 is 2.48 bits per heavy atom. The van der Waals surface area contributed by atoms with E-state index in [0.717, 1.165) is 35.7 Å². The Balaban J connectivity index is 2.06. The highest BCUT2D eigenvalue weighted by Gasteiger charge is 2.31. The Bertz CT molecular complexity index is 943. The van der Waals surface area contributed by atoms with E-state index in [1.165, 1.54) is 0 Å². The SMILES string of the molecule is CCCCCC(c1[nH]nc2ccccc12)S(=O)(=O)c1ccc(C)cc1. The summed E-state index contributed by atoms with van der Waals surface area (Å²) in [7, 11) is -3.48. The highest BCUT2D eigenvalue weighted by atomic mass is 32.2. The van der Waals surface area contributed by atoms with Crippen LogP contribution in [0.4, 0.5) is 0 Å². The summed E-state index contributed by atoms with van der Waals surface area (Å²) in [5.74, 6) is 0. The Kier molecular flexibility index (Phi) is 5.23. The molecule has 0 radical (unpaired) electrons. The standard InChI is InChI=1S/C20H24N2O2S/c1-3-4-5-10-19(20-17-8-6-7-9-18(17)21-22-20)25(23,24)16-13-11-15(2)12-14-16/h6-9,11-14,19H,3-5,10H2,1-2H3,(H,21,22). The Labute approximate surface area is 149 Å². The molecular weight excluding hydrogens is 332 g/mol. The summed E-state index contributed by atoms with van der Waals surface area (Å²) in [6.07, 6.45) is 3.54. The summed E-state index contributed by atoms with van der Waals surface area (Å²) in [4.78, 5) is 0.373. The number of nitrogens with one attached hydrogen (secondary N) is 1. The van der Waals surface area contributed by atoms with Crippen molar-refractivity contribution in [2.45, 2.75) is 49.7 Å². The van der Waals surface area contributed by atoms with Crippen molar-refractivity contribution in [1.82, 2.24) is 10.2 Å². The lowest BCUT2D eigenvalue weighted by atomic mass is 10.1. The number of aromatic nitrogens is 2. The molecule has 1 aromatic heterocycles. The molecule has 0 aliphatic rings. The number of nitrogens with zero attached hydrogens (tertiary/aromatic N) is 1. The van der Waals surface area contributed by atoms with Gasteiger partial charge in [-0.3, -0.25) is 5.10 Å². The molecule has 0 saturated heterocycles. The molecule has 0 aliphatic heterocycles. The van der Waals surface area contributed by atoms with Gasteiger partial charge in [0.25, 0.3) is 0 Å². The summed E-state index contributed by atoms with van der Waals surface area (Å²) in [6.45, 7) is 4.08. The lowest BCUT2D eigenvalue weighted by molar-refractivity contribution is 0.561. The smallest absolute Gasteiger partial charge is 0.186 e. The van der Waals surface area contributed by atoms with Crippen LogP contribution >= 0.6 is 0 Å². The highest BCUT2D eigenvalue weighted by Crippen LogP contribution is 2.35. The maximum Gasteiger partial charge on any atom is 0.186 e. The van der Waals surface area contributed by atoms with E-state index in [1.807, 2.05) is 43.3 Å². The Hall–Kier alpha value is -2.14. The van der Waals surface area contributed by atoms with Gasteiger partial charge in [0.2, 0.25) is 0 Å². The van der Waals surface area contributed by atoms with E-state index >= 15 is 0 Å². The predicted molar refractivity (Wildman–Crippen MR) is 101 cm³/mol. The molecule has 2 aromatic carbocycles. The van der Waals surface area contributed by atoms with Gasteiger partial charge in [0, 0.05) is 5.39 Å². The van der Waals surface area contributed by atoms with Crippen LogP contribution in [0.25, 0.3) is 10.9 Å². The third kappa shape index (κ3) is 3.61. The van der Waals surface area contributed by atoms with Gasteiger partial charge in [-0.2, -0.15) is 5.10 Å². The molecule has 0 spiro atoms. The quantitative estimate of drug-likeness (QED) is 0.608. The van der Waals surface area contributed by atoms with Crippen LogP contribution in [0, 0.1) is 6.92 Å². The summed E-state index contributed by atoms with van der Waals surface area (Å²) < 4.78 is 26.7. The first-order valence-electron chi connectivity index (χ1n) is 8.77. The van der Waals surface area contributed by atoms with Crippen LogP contribution in [-0.4, -0.2) is 18.6 Å². The lowest BCUT2D eigenvalue weighted by Gasteiger charge is -2.17. The molecule has 1 atom stereocenters. The minimum Gasteiger partial charge on any atom is -0.280 e. The number of fused-ring (bicyclic) bond motifs is 1. The van der Waals surface area contributed by atoms with Gasteiger partial charge in [-0.15, -0.1) is 0 Å². The first-order chi connectivity index (χ1) is 12.0. The Morgan fingerprint density at radius 1 is 1.04 bits per heavy atom. The number of hydrogen-bond donors (Lipinski definition) is 1. The number of sulfone groups is 1. The molecule has 0 bridgehead atoms. The van der Waals surface area contributed by atoms with Crippen molar-refractivity contribution in [3.63, 3.8) is 0 Å². The number of para-hydroxylation sites is 1. The van der Waals surface area contributed by atoms with E-state index in [-0.39, 0.29) is 0 Å².